The molecule has 4 rings (SSSR count). The average Bonchev–Trinajstić information content (AvgIpc) is 2.89. The fraction of sp³-hybridized carbons (Fsp3) is 0.0370. The predicted molar refractivity (Wildman–Crippen MR) is 135 cm³/mol. The number of para-hydroxylation sites is 1. The van der Waals surface area contributed by atoms with Crippen molar-refractivity contribution in [2.45, 2.75) is 6.10 Å². The lowest BCUT2D eigenvalue weighted by Crippen LogP contribution is -2.20. The molecule has 0 aromatic heterocycles. The fourth-order valence-electron chi connectivity index (χ4n) is 3.39. The van der Waals surface area contributed by atoms with Crippen molar-refractivity contribution in [2.75, 3.05) is 0 Å². The highest BCUT2D eigenvalue weighted by Gasteiger charge is 2.27. The molecule has 0 heterocycles. The molecule has 0 aliphatic heterocycles. The molecular weight excluding hydrogens is 505 g/mol. The summed E-state index contributed by atoms with van der Waals surface area (Å²) >= 11 is 12.1. The van der Waals surface area contributed by atoms with Crippen molar-refractivity contribution in [3.05, 3.63) is 134 Å². The Kier molecular flexibility index (Phi) is 7.63. The fourth-order valence-corrected chi connectivity index (χ4v) is 3.72. The number of carbonyl (C=O) groups excluding carboxylic acids is 2. The van der Waals surface area contributed by atoms with Gasteiger partial charge in [-0.25, -0.2) is 4.79 Å². The minimum absolute atomic E-state index is 0.0356. The van der Waals surface area contributed by atoms with Crippen molar-refractivity contribution in [3.63, 3.8) is 0 Å². The molecule has 0 fully saturated rings. The third kappa shape index (κ3) is 5.71. The Morgan fingerprint density at radius 3 is 2.17 bits per heavy atom. The first-order valence-corrected chi connectivity index (χ1v) is 11.4. The molecule has 0 aliphatic carbocycles. The van der Waals surface area contributed by atoms with Gasteiger partial charge in [0.15, 0.2) is 6.10 Å². The van der Waals surface area contributed by atoms with Gasteiger partial charge in [0.2, 0.25) is 11.5 Å². The van der Waals surface area contributed by atoms with Gasteiger partial charge in [0.05, 0.1) is 15.5 Å². The highest BCUT2D eigenvalue weighted by atomic mass is 35.5. The van der Waals surface area contributed by atoms with E-state index in [1.54, 1.807) is 54.6 Å². The molecule has 4 aromatic carbocycles. The van der Waals surface area contributed by atoms with Gasteiger partial charge in [-0.2, -0.15) is 0 Å². The number of ketones is 1. The first kappa shape index (κ1) is 24.9. The van der Waals surface area contributed by atoms with Crippen LogP contribution < -0.4 is 4.74 Å². The lowest BCUT2D eigenvalue weighted by Gasteiger charge is -2.18. The van der Waals surface area contributed by atoms with Crippen molar-refractivity contribution < 1.29 is 24.0 Å². The van der Waals surface area contributed by atoms with Crippen molar-refractivity contribution in [1.82, 2.24) is 0 Å². The maximum Gasteiger partial charge on any atom is 0.339 e. The van der Waals surface area contributed by atoms with Crippen LogP contribution in [0.2, 0.25) is 10.0 Å². The number of carbonyl (C=O) groups is 2. The Morgan fingerprint density at radius 1 is 0.806 bits per heavy atom. The molecule has 0 saturated carbocycles. The average molecular weight is 522 g/mol. The van der Waals surface area contributed by atoms with Gasteiger partial charge in [0.1, 0.15) is 5.75 Å². The number of nitro groups is 1. The van der Waals surface area contributed by atoms with Gasteiger partial charge in [-0.15, -0.1) is 0 Å². The summed E-state index contributed by atoms with van der Waals surface area (Å²) < 4.78 is 11.3. The van der Waals surface area contributed by atoms with E-state index in [1.165, 1.54) is 42.5 Å². The molecule has 0 N–H and O–H groups in total. The molecule has 0 bridgehead atoms. The molecule has 0 unspecified atom stereocenters. The van der Waals surface area contributed by atoms with E-state index in [-0.39, 0.29) is 27.8 Å². The van der Waals surface area contributed by atoms with Crippen molar-refractivity contribution >= 4 is 40.6 Å². The Morgan fingerprint density at radius 2 is 1.47 bits per heavy atom. The normalized spacial score (nSPS) is 11.4. The highest BCUT2D eigenvalue weighted by Crippen LogP contribution is 2.38. The number of benzene rings is 4. The van der Waals surface area contributed by atoms with Crippen LogP contribution in [0.1, 0.15) is 32.4 Å². The van der Waals surface area contributed by atoms with Crippen LogP contribution in [0.25, 0.3) is 0 Å². The van der Waals surface area contributed by atoms with Crippen molar-refractivity contribution in [1.29, 1.82) is 0 Å². The van der Waals surface area contributed by atoms with E-state index in [0.29, 0.717) is 16.1 Å². The number of ether oxygens (including phenoxy) is 2. The van der Waals surface area contributed by atoms with Gasteiger partial charge in [0, 0.05) is 22.2 Å². The molecule has 1 atom stereocenters. The van der Waals surface area contributed by atoms with Gasteiger partial charge < -0.3 is 9.47 Å². The number of nitro benzene ring substituents is 1. The standard InChI is InChI=1S/C27H17Cl2NO6/c28-20-14-12-18(13-15-20)25(24(31)17-6-2-1-3-7-17)36-27(32)19-8-4-9-21(16-19)35-26-22(29)10-5-11-23(26)30(33)34/h1-16,25H/t25-/m0/s1. The molecule has 36 heavy (non-hydrogen) atoms. The molecule has 0 spiro atoms. The van der Waals surface area contributed by atoms with Crippen LogP contribution >= 0.6 is 23.2 Å². The van der Waals surface area contributed by atoms with Crippen LogP contribution in [-0.2, 0) is 4.74 Å². The van der Waals surface area contributed by atoms with Gasteiger partial charge in [-0.1, -0.05) is 77.8 Å². The summed E-state index contributed by atoms with van der Waals surface area (Å²) in [5.74, 6) is -1.24. The lowest BCUT2D eigenvalue weighted by molar-refractivity contribution is -0.385. The number of hydrogen-bond donors (Lipinski definition) is 0. The topological polar surface area (TPSA) is 95.7 Å². The van der Waals surface area contributed by atoms with Crippen LogP contribution in [0.5, 0.6) is 11.5 Å². The maximum absolute atomic E-state index is 13.2. The second-order valence-electron chi connectivity index (χ2n) is 7.54. The van der Waals surface area contributed by atoms with Gasteiger partial charge >= 0.3 is 11.7 Å². The summed E-state index contributed by atoms with van der Waals surface area (Å²) in [4.78, 5) is 37.0. The zero-order valence-corrected chi connectivity index (χ0v) is 20.0. The van der Waals surface area contributed by atoms with E-state index in [0.717, 1.165) is 0 Å². The highest BCUT2D eigenvalue weighted by molar-refractivity contribution is 6.32. The van der Waals surface area contributed by atoms with Crippen LogP contribution in [0.3, 0.4) is 0 Å². The second kappa shape index (κ2) is 11.0. The third-order valence-electron chi connectivity index (χ3n) is 5.13. The largest absolute Gasteiger partial charge is 0.449 e. The summed E-state index contributed by atoms with van der Waals surface area (Å²) in [5, 5.41) is 11.9. The SMILES string of the molecule is O=C(O[C@H](C(=O)c1ccccc1)c1ccc(Cl)cc1)c1cccc(Oc2c(Cl)cccc2[N+](=O)[O-])c1. The zero-order chi connectivity index (χ0) is 25.7. The first-order valence-electron chi connectivity index (χ1n) is 10.6. The number of hydrogen-bond acceptors (Lipinski definition) is 6. The van der Waals surface area contributed by atoms with Crippen molar-refractivity contribution in [2.24, 2.45) is 0 Å². The Hall–Kier alpha value is -4.20. The number of nitrogens with zero attached hydrogens (tertiary/aromatic N) is 1. The van der Waals surface area contributed by atoms with Crippen LogP contribution in [0.4, 0.5) is 5.69 Å². The Balaban J connectivity index is 1.62. The monoisotopic (exact) mass is 521 g/mol. The van der Waals surface area contributed by atoms with Crippen molar-refractivity contribution in [3.8, 4) is 11.5 Å². The summed E-state index contributed by atoms with van der Waals surface area (Å²) in [5.41, 5.74) is 0.558. The molecule has 0 aliphatic rings. The molecule has 7 nitrogen and oxygen atoms in total. The van der Waals surface area contributed by atoms with E-state index >= 15 is 0 Å². The number of esters is 1. The number of rotatable bonds is 8. The maximum atomic E-state index is 13.2. The summed E-state index contributed by atoms with van der Waals surface area (Å²) in [6.07, 6.45) is -1.23. The van der Waals surface area contributed by atoms with Gasteiger partial charge in [-0.05, 0) is 36.4 Å². The summed E-state index contributed by atoms with van der Waals surface area (Å²) in [6.45, 7) is 0. The van der Waals surface area contributed by atoms with Crippen LogP contribution in [0.15, 0.2) is 97.1 Å². The molecular formula is C27H17Cl2NO6. The van der Waals surface area contributed by atoms with E-state index in [9.17, 15) is 19.7 Å². The molecule has 180 valence electrons. The van der Waals surface area contributed by atoms with E-state index in [4.69, 9.17) is 32.7 Å². The minimum atomic E-state index is -1.23. The van der Waals surface area contributed by atoms with Gasteiger partial charge in [-0.3, -0.25) is 14.9 Å². The van der Waals surface area contributed by atoms with Crippen LogP contribution in [0, 0.1) is 10.1 Å². The van der Waals surface area contributed by atoms with Crippen LogP contribution in [-0.4, -0.2) is 16.7 Å². The van der Waals surface area contributed by atoms with Gasteiger partial charge in [0.25, 0.3) is 0 Å². The quantitative estimate of drug-likeness (QED) is 0.103. The Labute approximate surface area is 216 Å². The van der Waals surface area contributed by atoms with E-state index in [1.807, 2.05) is 0 Å². The number of halogens is 2. The predicted octanol–water partition coefficient (Wildman–Crippen LogP) is 7.47. The zero-order valence-electron chi connectivity index (χ0n) is 18.5. The second-order valence-corrected chi connectivity index (χ2v) is 8.39. The molecule has 0 saturated heterocycles. The molecule has 0 radical (unpaired) electrons. The summed E-state index contributed by atoms with van der Waals surface area (Å²) in [6, 6.07) is 24.9. The number of Topliss-reactive ketones (excluding diaryl/α,β-unsaturated/α-hetero) is 1. The third-order valence-corrected chi connectivity index (χ3v) is 5.68. The van der Waals surface area contributed by atoms with E-state index < -0.39 is 22.8 Å². The minimum Gasteiger partial charge on any atom is -0.449 e. The lowest BCUT2D eigenvalue weighted by atomic mass is 9.99. The Bertz CT molecular complexity index is 1420. The van der Waals surface area contributed by atoms with E-state index in [2.05, 4.69) is 0 Å². The first-order chi connectivity index (χ1) is 17.3. The molecule has 0 amide bonds. The molecule has 4 aromatic rings. The summed E-state index contributed by atoms with van der Waals surface area (Å²) in [7, 11) is 0. The molecule has 9 heteroatoms. The smallest absolute Gasteiger partial charge is 0.339 e.